The second-order valence-corrected chi connectivity index (χ2v) is 5.86. The van der Waals surface area contributed by atoms with Gasteiger partial charge < -0.3 is 15.2 Å². The second kappa shape index (κ2) is 5.14. The Morgan fingerprint density at radius 3 is 2.84 bits per heavy atom. The molecule has 1 aliphatic rings. The highest BCUT2D eigenvalue weighted by atomic mass is 16.5. The number of rotatable bonds is 3. The summed E-state index contributed by atoms with van der Waals surface area (Å²) in [5.41, 5.74) is 6.63. The largest absolute Gasteiger partial charge is 0.472 e. The summed E-state index contributed by atoms with van der Waals surface area (Å²) in [5, 5.41) is 9.21. The minimum absolute atomic E-state index is 0.140. The van der Waals surface area contributed by atoms with Gasteiger partial charge in [-0.05, 0) is 33.6 Å². The van der Waals surface area contributed by atoms with E-state index in [1.807, 2.05) is 25.3 Å². The molecule has 1 aromatic rings. The third-order valence-corrected chi connectivity index (χ3v) is 3.00. The van der Waals surface area contributed by atoms with E-state index in [-0.39, 0.29) is 11.7 Å². The molecule has 5 heteroatoms. The molecule has 2 rings (SSSR count). The summed E-state index contributed by atoms with van der Waals surface area (Å²) in [6.45, 7) is 7.29. The maximum atomic E-state index is 9.21. The lowest BCUT2D eigenvalue weighted by Gasteiger charge is -2.24. The van der Waals surface area contributed by atoms with Gasteiger partial charge in [-0.2, -0.15) is 5.26 Å². The van der Waals surface area contributed by atoms with Gasteiger partial charge in [0.2, 0.25) is 5.88 Å². The van der Waals surface area contributed by atoms with Crippen molar-refractivity contribution in [3.05, 3.63) is 11.8 Å². The number of hydrogen-bond donors (Lipinski definition) is 1. The van der Waals surface area contributed by atoms with Gasteiger partial charge in [0.05, 0.1) is 18.3 Å². The number of ether oxygens (including phenoxy) is 2. The van der Waals surface area contributed by atoms with Crippen LogP contribution < -0.4 is 10.5 Å². The summed E-state index contributed by atoms with van der Waals surface area (Å²) in [4.78, 5) is 0. The van der Waals surface area contributed by atoms with Crippen molar-refractivity contribution in [1.29, 1.82) is 5.26 Å². The quantitative estimate of drug-likeness (QED) is 0.908. The highest BCUT2D eigenvalue weighted by Crippen LogP contribution is 2.31. The van der Waals surface area contributed by atoms with Crippen LogP contribution in [0.3, 0.4) is 0 Å². The van der Waals surface area contributed by atoms with Crippen LogP contribution in [0, 0.1) is 11.3 Å². The molecule has 5 nitrogen and oxygen atoms in total. The number of hydrogen-bond acceptors (Lipinski definition) is 4. The number of aromatic nitrogens is 1. The van der Waals surface area contributed by atoms with E-state index in [0.717, 1.165) is 19.4 Å². The molecule has 0 saturated carbocycles. The minimum atomic E-state index is -0.354. The normalized spacial score (nSPS) is 19.4. The van der Waals surface area contributed by atoms with Gasteiger partial charge in [0.15, 0.2) is 0 Å². The third-order valence-electron chi connectivity index (χ3n) is 3.00. The summed E-state index contributed by atoms with van der Waals surface area (Å²) in [6.07, 6.45) is 2.22. The Morgan fingerprint density at radius 2 is 2.32 bits per heavy atom. The van der Waals surface area contributed by atoms with Crippen molar-refractivity contribution in [2.75, 3.05) is 12.3 Å². The van der Waals surface area contributed by atoms with E-state index in [1.165, 1.54) is 0 Å². The lowest BCUT2D eigenvalue weighted by Crippen LogP contribution is -2.26. The number of nitrogen functional groups attached to an aromatic ring is 1. The van der Waals surface area contributed by atoms with E-state index in [9.17, 15) is 5.26 Å². The van der Waals surface area contributed by atoms with Crippen LogP contribution in [-0.4, -0.2) is 22.9 Å². The van der Waals surface area contributed by atoms with E-state index in [2.05, 4.69) is 6.07 Å². The van der Waals surface area contributed by atoms with E-state index in [4.69, 9.17) is 15.2 Å². The smallest absolute Gasteiger partial charge is 0.219 e. The molecule has 2 N–H and O–H groups in total. The van der Waals surface area contributed by atoms with Crippen molar-refractivity contribution in [2.45, 2.75) is 51.9 Å². The molecule has 0 unspecified atom stereocenters. The third kappa shape index (κ3) is 3.21. The molecule has 0 aromatic carbocycles. The Hall–Kier alpha value is -1.67. The second-order valence-electron chi connectivity index (χ2n) is 5.86. The molecule has 0 radical (unpaired) electrons. The first-order chi connectivity index (χ1) is 8.90. The summed E-state index contributed by atoms with van der Waals surface area (Å²) >= 11 is 0. The fraction of sp³-hybridized carbons (Fsp3) is 0.643. The Bertz CT molecular complexity index is 488. The average molecular weight is 263 g/mol. The molecule has 104 valence electrons. The topological polar surface area (TPSA) is 73.2 Å². The van der Waals surface area contributed by atoms with Gasteiger partial charge in [0, 0.05) is 12.7 Å². The Balaban J connectivity index is 2.30. The minimum Gasteiger partial charge on any atom is -0.472 e. The van der Waals surface area contributed by atoms with Crippen LogP contribution in [0.4, 0.5) is 5.69 Å². The lowest BCUT2D eigenvalue weighted by molar-refractivity contribution is 0.0829. The number of nitrogens with two attached hydrogens (primary N) is 1. The lowest BCUT2D eigenvalue weighted by atomic mass is 10.2. The fourth-order valence-corrected chi connectivity index (χ4v) is 2.22. The van der Waals surface area contributed by atoms with Crippen molar-refractivity contribution < 1.29 is 9.47 Å². The van der Waals surface area contributed by atoms with E-state index >= 15 is 0 Å². The Labute approximate surface area is 113 Å². The van der Waals surface area contributed by atoms with Crippen molar-refractivity contribution >= 4 is 5.69 Å². The maximum Gasteiger partial charge on any atom is 0.219 e. The monoisotopic (exact) mass is 263 g/mol. The molecule has 0 aliphatic carbocycles. The van der Waals surface area contributed by atoms with Crippen LogP contribution in [0.1, 0.15) is 39.3 Å². The molecular formula is C14H21N3O2. The molecule has 1 aliphatic heterocycles. The van der Waals surface area contributed by atoms with Gasteiger partial charge in [0.1, 0.15) is 17.4 Å². The molecular weight excluding hydrogens is 242 g/mol. The fourth-order valence-electron chi connectivity index (χ4n) is 2.22. The van der Waals surface area contributed by atoms with Crippen molar-refractivity contribution in [3.8, 4) is 11.9 Å². The van der Waals surface area contributed by atoms with Crippen molar-refractivity contribution in [2.24, 2.45) is 0 Å². The van der Waals surface area contributed by atoms with Crippen LogP contribution >= 0.6 is 0 Å². The molecule has 1 aromatic heterocycles. The zero-order valence-corrected chi connectivity index (χ0v) is 11.8. The highest BCUT2D eigenvalue weighted by molar-refractivity contribution is 5.55. The van der Waals surface area contributed by atoms with Gasteiger partial charge in [-0.3, -0.25) is 4.57 Å². The first kappa shape index (κ1) is 13.8. The van der Waals surface area contributed by atoms with Crippen LogP contribution in [0.25, 0.3) is 0 Å². The summed E-state index contributed by atoms with van der Waals surface area (Å²) in [5.74, 6) is 0.569. The van der Waals surface area contributed by atoms with E-state index in [1.54, 1.807) is 6.07 Å². The van der Waals surface area contributed by atoms with Gasteiger partial charge in [-0.1, -0.05) is 0 Å². The molecule has 2 heterocycles. The van der Waals surface area contributed by atoms with Gasteiger partial charge in [-0.25, -0.2) is 0 Å². The van der Waals surface area contributed by atoms with Crippen LogP contribution in [0.5, 0.6) is 5.88 Å². The van der Waals surface area contributed by atoms with Crippen LogP contribution in [0.2, 0.25) is 0 Å². The number of anilines is 1. The first-order valence-corrected chi connectivity index (χ1v) is 6.60. The molecule has 19 heavy (non-hydrogen) atoms. The predicted octanol–water partition coefficient (Wildman–Crippen LogP) is 2.30. The van der Waals surface area contributed by atoms with Gasteiger partial charge in [-0.15, -0.1) is 0 Å². The summed E-state index contributed by atoms with van der Waals surface area (Å²) < 4.78 is 13.3. The van der Waals surface area contributed by atoms with Crippen molar-refractivity contribution in [3.63, 3.8) is 0 Å². The van der Waals surface area contributed by atoms with Crippen LogP contribution in [0.15, 0.2) is 6.07 Å². The molecule has 0 amide bonds. The standard InChI is InChI=1S/C14H21N3O2/c1-14(2,3)19-13-12(16)7-10(8-15)17(13)9-11-5-4-6-18-11/h7,11H,4-6,9,16H2,1-3H3/t11-/m1/s1. The maximum absolute atomic E-state index is 9.21. The zero-order chi connectivity index (χ0) is 14.0. The number of nitrogens with zero attached hydrogens (tertiary/aromatic N) is 2. The molecule has 1 atom stereocenters. The Kier molecular flexibility index (Phi) is 3.72. The molecule has 0 bridgehead atoms. The zero-order valence-electron chi connectivity index (χ0n) is 11.8. The molecule has 0 spiro atoms. The molecule has 1 saturated heterocycles. The SMILES string of the molecule is CC(C)(C)Oc1c(N)cc(C#N)n1C[C@H]1CCCO1. The molecule has 1 fully saturated rings. The van der Waals surface area contributed by atoms with Crippen molar-refractivity contribution in [1.82, 2.24) is 4.57 Å². The average Bonchev–Trinajstić information content (AvgIpc) is 2.90. The van der Waals surface area contributed by atoms with Gasteiger partial charge in [0.25, 0.3) is 0 Å². The number of nitriles is 1. The first-order valence-electron chi connectivity index (χ1n) is 6.60. The summed E-state index contributed by atoms with van der Waals surface area (Å²) in [7, 11) is 0. The predicted molar refractivity (Wildman–Crippen MR) is 72.9 cm³/mol. The van der Waals surface area contributed by atoms with E-state index in [0.29, 0.717) is 23.8 Å². The van der Waals surface area contributed by atoms with Crippen LogP contribution in [-0.2, 0) is 11.3 Å². The van der Waals surface area contributed by atoms with Gasteiger partial charge >= 0.3 is 0 Å². The Morgan fingerprint density at radius 1 is 1.58 bits per heavy atom. The highest BCUT2D eigenvalue weighted by Gasteiger charge is 2.24. The van der Waals surface area contributed by atoms with E-state index < -0.39 is 0 Å². The summed E-state index contributed by atoms with van der Waals surface area (Å²) in [6, 6.07) is 3.83.